The molecule has 5 heteroatoms. The van der Waals surface area contributed by atoms with Crippen LogP contribution in [0.25, 0.3) is 0 Å². The van der Waals surface area contributed by atoms with Gasteiger partial charge in [0.1, 0.15) is 0 Å². The van der Waals surface area contributed by atoms with E-state index < -0.39 is 16.8 Å². The molecule has 2 aliphatic rings. The number of nitrogens with zero attached hydrogens (tertiary/aromatic N) is 1. The fraction of sp³-hybridized carbons (Fsp3) is 0.391. The van der Waals surface area contributed by atoms with Crippen molar-refractivity contribution in [3.8, 4) is 0 Å². The Morgan fingerprint density at radius 2 is 1.39 bits per heavy atom. The van der Waals surface area contributed by atoms with Crippen molar-refractivity contribution >= 4 is 23.5 Å². The predicted octanol–water partition coefficient (Wildman–Crippen LogP) is 4.41. The molecule has 1 saturated heterocycles. The van der Waals surface area contributed by atoms with Crippen LogP contribution in [0.4, 0.5) is 0 Å². The summed E-state index contributed by atoms with van der Waals surface area (Å²) in [5.41, 5.74) is 0.461. The van der Waals surface area contributed by atoms with Crippen molar-refractivity contribution in [2.75, 3.05) is 13.1 Å². The van der Waals surface area contributed by atoms with E-state index in [2.05, 4.69) is 0 Å². The van der Waals surface area contributed by atoms with Gasteiger partial charge in [0, 0.05) is 18.1 Å². The highest BCUT2D eigenvalue weighted by molar-refractivity contribution is 6.30. The summed E-state index contributed by atoms with van der Waals surface area (Å²) in [5.74, 6) is -0.671. The molecular weight excluding hydrogens is 374 g/mol. The second-order valence-electron chi connectivity index (χ2n) is 7.99. The number of halogens is 1. The third-order valence-electron chi connectivity index (χ3n) is 6.65. The lowest BCUT2D eigenvalue weighted by molar-refractivity contribution is -0.151. The second-order valence-corrected chi connectivity index (χ2v) is 8.42. The molecule has 0 spiro atoms. The summed E-state index contributed by atoms with van der Waals surface area (Å²) >= 11 is 6.02. The number of hydrogen-bond donors (Lipinski definition) is 1. The fourth-order valence-corrected chi connectivity index (χ4v) is 4.83. The van der Waals surface area contributed by atoms with E-state index in [1.54, 1.807) is 0 Å². The first kappa shape index (κ1) is 19.0. The van der Waals surface area contributed by atoms with Gasteiger partial charge in [0.15, 0.2) is 0 Å². The molecule has 28 heavy (non-hydrogen) atoms. The van der Waals surface area contributed by atoms with E-state index in [1.165, 1.54) is 0 Å². The van der Waals surface area contributed by atoms with E-state index in [9.17, 15) is 14.7 Å². The highest BCUT2D eigenvalue weighted by atomic mass is 35.5. The Balaban J connectivity index is 1.55. The van der Waals surface area contributed by atoms with Gasteiger partial charge in [-0.05, 0) is 48.9 Å². The topological polar surface area (TPSA) is 57.6 Å². The number of hydrogen-bond acceptors (Lipinski definition) is 2. The highest BCUT2D eigenvalue weighted by Gasteiger charge is 2.50. The van der Waals surface area contributed by atoms with Crippen LogP contribution in [0.2, 0.25) is 5.02 Å². The number of piperidine rings is 1. The Labute approximate surface area is 170 Å². The van der Waals surface area contributed by atoms with Gasteiger partial charge in [-0.3, -0.25) is 9.59 Å². The van der Waals surface area contributed by atoms with Gasteiger partial charge in [-0.2, -0.15) is 0 Å². The van der Waals surface area contributed by atoms with Gasteiger partial charge in [-0.1, -0.05) is 60.5 Å². The Hall–Kier alpha value is -2.33. The number of rotatable bonds is 4. The van der Waals surface area contributed by atoms with Gasteiger partial charge in [0.25, 0.3) is 0 Å². The van der Waals surface area contributed by atoms with Crippen LogP contribution in [0.15, 0.2) is 54.6 Å². The average Bonchev–Trinajstić information content (AvgIpc) is 2.69. The second kappa shape index (κ2) is 7.25. The number of carboxylic acid groups (broad SMARTS) is 1. The lowest BCUT2D eigenvalue weighted by atomic mass is 9.63. The Morgan fingerprint density at radius 3 is 1.89 bits per heavy atom. The minimum absolute atomic E-state index is 0.133. The van der Waals surface area contributed by atoms with Crippen molar-refractivity contribution < 1.29 is 14.7 Å². The van der Waals surface area contributed by atoms with Gasteiger partial charge >= 0.3 is 5.97 Å². The maximum Gasteiger partial charge on any atom is 0.314 e. The molecule has 0 unspecified atom stereocenters. The van der Waals surface area contributed by atoms with Crippen LogP contribution < -0.4 is 0 Å². The number of benzene rings is 2. The molecule has 4 nitrogen and oxygen atoms in total. The zero-order valence-corrected chi connectivity index (χ0v) is 16.5. The van der Waals surface area contributed by atoms with E-state index in [1.807, 2.05) is 59.5 Å². The highest BCUT2D eigenvalue weighted by Crippen LogP contribution is 2.46. The van der Waals surface area contributed by atoms with Crippen molar-refractivity contribution in [3.05, 3.63) is 70.7 Å². The monoisotopic (exact) mass is 397 g/mol. The standard InChI is InChI=1S/C23H24ClNO3/c24-19-9-7-18(8-10-19)22(11-4-12-22)20(26)25-15-13-23(14-16-25,21(27)28)17-5-2-1-3-6-17/h1-3,5-10H,4,11-16H2,(H,27,28). The van der Waals surface area contributed by atoms with Gasteiger partial charge in [0.05, 0.1) is 10.8 Å². The number of carboxylic acids is 1. The molecule has 2 aromatic carbocycles. The molecule has 2 fully saturated rings. The lowest BCUT2D eigenvalue weighted by Crippen LogP contribution is -2.56. The molecule has 1 heterocycles. The molecule has 1 amide bonds. The maximum atomic E-state index is 13.5. The van der Waals surface area contributed by atoms with Crippen molar-refractivity contribution in [2.45, 2.75) is 42.9 Å². The smallest absolute Gasteiger partial charge is 0.314 e. The van der Waals surface area contributed by atoms with Crippen LogP contribution in [0, 0.1) is 0 Å². The summed E-state index contributed by atoms with van der Waals surface area (Å²) in [6.45, 7) is 0.935. The first-order valence-corrected chi connectivity index (χ1v) is 10.2. The van der Waals surface area contributed by atoms with Crippen LogP contribution in [0.1, 0.15) is 43.2 Å². The molecule has 2 aromatic rings. The maximum absolute atomic E-state index is 13.5. The molecule has 0 atom stereocenters. The summed E-state index contributed by atoms with van der Waals surface area (Å²) in [5, 5.41) is 10.6. The Kier molecular flexibility index (Phi) is 4.92. The fourth-order valence-electron chi connectivity index (χ4n) is 4.70. The normalized spacial score (nSPS) is 20.2. The van der Waals surface area contributed by atoms with E-state index >= 15 is 0 Å². The van der Waals surface area contributed by atoms with Crippen LogP contribution in [-0.2, 0) is 20.4 Å². The van der Waals surface area contributed by atoms with Gasteiger partial charge in [-0.15, -0.1) is 0 Å². The molecule has 1 saturated carbocycles. The van der Waals surface area contributed by atoms with Crippen molar-refractivity contribution in [3.63, 3.8) is 0 Å². The minimum Gasteiger partial charge on any atom is -0.481 e. The third-order valence-corrected chi connectivity index (χ3v) is 6.91. The largest absolute Gasteiger partial charge is 0.481 e. The molecular formula is C23H24ClNO3. The summed E-state index contributed by atoms with van der Waals surface area (Å²) in [6.07, 6.45) is 3.59. The first-order chi connectivity index (χ1) is 13.5. The molecule has 0 radical (unpaired) electrons. The van der Waals surface area contributed by atoms with Gasteiger partial charge in [0.2, 0.25) is 5.91 Å². The Morgan fingerprint density at radius 1 is 0.821 bits per heavy atom. The molecule has 1 N–H and O–H groups in total. The average molecular weight is 398 g/mol. The summed E-state index contributed by atoms with van der Waals surface area (Å²) in [7, 11) is 0. The van der Waals surface area contributed by atoms with Crippen molar-refractivity contribution in [2.24, 2.45) is 0 Å². The SMILES string of the molecule is O=C(O)C1(c2ccccc2)CCN(C(=O)C2(c3ccc(Cl)cc3)CCC2)CC1. The van der Waals surface area contributed by atoms with Crippen molar-refractivity contribution in [1.82, 2.24) is 4.90 Å². The molecule has 0 bridgehead atoms. The van der Waals surface area contributed by atoms with Gasteiger partial charge in [-0.25, -0.2) is 0 Å². The van der Waals surface area contributed by atoms with Crippen molar-refractivity contribution in [1.29, 1.82) is 0 Å². The molecule has 146 valence electrons. The molecule has 1 aliphatic heterocycles. The van der Waals surface area contributed by atoms with E-state index in [0.717, 1.165) is 30.4 Å². The quantitative estimate of drug-likeness (QED) is 0.831. The number of aliphatic carboxylic acids is 1. The van der Waals surface area contributed by atoms with E-state index in [-0.39, 0.29) is 5.91 Å². The van der Waals surface area contributed by atoms with Crippen LogP contribution in [0.3, 0.4) is 0 Å². The zero-order valence-electron chi connectivity index (χ0n) is 15.7. The molecule has 4 rings (SSSR count). The minimum atomic E-state index is -0.912. The summed E-state index contributed by atoms with van der Waals surface area (Å²) in [4.78, 5) is 27.5. The van der Waals surface area contributed by atoms with Crippen LogP contribution in [-0.4, -0.2) is 35.0 Å². The predicted molar refractivity (Wildman–Crippen MR) is 109 cm³/mol. The number of likely N-dealkylation sites (tertiary alicyclic amines) is 1. The summed E-state index contributed by atoms with van der Waals surface area (Å²) < 4.78 is 0. The van der Waals surface area contributed by atoms with Crippen LogP contribution >= 0.6 is 11.6 Å². The third kappa shape index (κ3) is 3.00. The molecule has 1 aliphatic carbocycles. The lowest BCUT2D eigenvalue weighted by Gasteiger charge is -2.47. The number of amides is 1. The first-order valence-electron chi connectivity index (χ1n) is 9.82. The zero-order chi connectivity index (χ0) is 19.8. The number of carbonyl (C=O) groups is 2. The summed E-state index contributed by atoms with van der Waals surface area (Å²) in [6, 6.07) is 17.0. The Bertz CT molecular complexity index is 866. The van der Waals surface area contributed by atoms with Crippen LogP contribution in [0.5, 0.6) is 0 Å². The van der Waals surface area contributed by atoms with E-state index in [0.29, 0.717) is 31.0 Å². The van der Waals surface area contributed by atoms with E-state index in [4.69, 9.17) is 11.6 Å². The van der Waals surface area contributed by atoms with Gasteiger partial charge < -0.3 is 10.0 Å². The number of carbonyl (C=O) groups excluding carboxylic acids is 1. The molecule has 0 aromatic heterocycles.